The predicted molar refractivity (Wildman–Crippen MR) is 98.7 cm³/mol. The van der Waals surface area contributed by atoms with Crippen LogP contribution in [-0.4, -0.2) is 46.5 Å². The number of carbonyl (C=O) groups is 3. The van der Waals surface area contributed by atoms with Crippen molar-refractivity contribution in [3.05, 3.63) is 53.0 Å². The van der Waals surface area contributed by atoms with Gasteiger partial charge in [0.25, 0.3) is 11.1 Å². The Hall–Kier alpha value is -2.34. The Morgan fingerprint density at radius 1 is 1.08 bits per heavy atom. The molecule has 0 bridgehead atoms. The van der Waals surface area contributed by atoms with Crippen molar-refractivity contribution in [2.24, 2.45) is 0 Å². The summed E-state index contributed by atoms with van der Waals surface area (Å²) in [6.07, 6.45) is 8.34. The van der Waals surface area contributed by atoms with E-state index < -0.39 is 5.91 Å². The van der Waals surface area contributed by atoms with Crippen molar-refractivity contribution >= 4 is 34.9 Å². The van der Waals surface area contributed by atoms with Gasteiger partial charge in [-0.15, -0.1) is 0 Å². The molecule has 0 radical (unpaired) electrons. The van der Waals surface area contributed by atoms with Crippen LogP contribution in [0.2, 0.25) is 0 Å². The van der Waals surface area contributed by atoms with Crippen LogP contribution < -0.4 is 0 Å². The van der Waals surface area contributed by atoms with E-state index in [0.717, 1.165) is 41.5 Å². The van der Waals surface area contributed by atoms with Crippen LogP contribution in [-0.2, 0) is 9.59 Å². The first kappa shape index (κ1) is 17.5. The molecule has 0 atom stereocenters. The van der Waals surface area contributed by atoms with Gasteiger partial charge in [0, 0.05) is 13.1 Å². The first-order valence-corrected chi connectivity index (χ1v) is 9.21. The third-order valence-corrected chi connectivity index (χ3v) is 5.14. The molecular formula is C19H20N2O3S. The molecule has 2 heterocycles. The van der Waals surface area contributed by atoms with Crippen LogP contribution in [0.15, 0.2) is 47.4 Å². The molecule has 2 aliphatic rings. The van der Waals surface area contributed by atoms with Crippen LogP contribution >= 0.6 is 11.8 Å². The Morgan fingerprint density at radius 3 is 2.52 bits per heavy atom. The van der Waals surface area contributed by atoms with E-state index in [1.165, 1.54) is 0 Å². The maximum Gasteiger partial charge on any atom is 0.294 e. The molecule has 2 saturated heterocycles. The lowest BCUT2D eigenvalue weighted by atomic mass is 10.1. The molecule has 5 nitrogen and oxygen atoms in total. The average Bonchev–Trinajstić information content (AvgIpc) is 2.91. The summed E-state index contributed by atoms with van der Waals surface area (Å²) in [4.78, 5) is 39.9. The molecule has 0 aliphatic carbocycles. The number of hydrogen-bond acceptors (Lipinski definition) is 4. The third kappa shape index (κ3) is 4.39. The second kappa shape index (κ2) is 8.16. The zero-order chi connectivity index (χ0) is 17.6. The fraction of sp³-hybridized carbons (Fsp3) is 0.316. The maximum atomic E-state index is 12.4. The summed E-state index contributed by atoms with van der Waals surface area (Å²) < 4.78 is 0. The molecule has 1 aromatic rings. The summed E-state index contributed by atoms with van der Waals surface area (Å²) in [5.74, 6) is -0.541. The lowest BCUT2D eigenvalue weighted by Crippen LogP contribution is -2.44. The van der Waals surface area contributed by atoms with E-state index in [0.29, 0.717) is 18.0 Å². The predicted octanol–water partition coefficient (Wildman–Crippen LogP) is 3.29. The fourth-order valence-electron chi connectivity index (χ4n) is 2.84. The molecule has 0 spiro atoms. The van der Waals surface area contributed by atoms with Crippen LogP contribution in [0.4, 0.5) is 4.79 Å². The number of imide groups is 1. The highest BCUT2D eigenvalue weighted by molar-refractivity contribution is 8.18. The van der Waals surface area contributed by atoms with E-state index in [1.54, 1.807) is 17.1 Å². The lowest BCUT2D eigenvalue weighted by Gasteiger charge is -2.27. The van der Waals surface area contributed by atoms with Crippen molar-refractivity contribution in [2.75, 3.05) is 19.6 Å². The molecule has 6 heteroatoms. The zero-order valence-electron chi connectivity index (χ0n) is 13.9. The van der Waals surface area contributed by atoms with Gasteiger partial charge in [-0.2, -0.15) is 0 Å². The van der Waals surface area contributed by atoms with Gasteiger partial charge in [0.15, 0.2) is 0 Å². The molecule has 0 aromatic heterocycles. The average molecular weight is 356 g/mol. The number of amides is 3. The maximum absolute atomic E-state index is 12.4. The first-order chi connectivity index (χ1) is 12.1. The van der Waals surface area contributed by atoms with Gasteiger partial charge >= 0.3 is 0 Å². The highest BCUT2D eigenvalue weighted by atomic mass is 32.2. The monoisotopic (exact) mass is 356 g/mol. The molecule has 0 N–H and O–H groups in total. The summed E-state index contributed by atoms with van der Waals surface area (Å²) in [5, 5.41) is -0.380. The van der Waals surface area contributed by atoms with Crippen LogP contribution in [0.3, 0.4) is 0 Å². The Morgan fingerprint density at radius 2 is 1.80 bits per heavy atom. The van der Waals surface area contributed by atoms with Gasteiger partial charge in [-0.3, -0.25) is 19.3 Å². The van der Waals surface area contributed by atoms with Crippen LogP contribution in [0.1, 0.15) is 24.8 Å². The quantitative estimate of drug-likeness (QED) is 0.777. The number of benzene rings is 1. The van der Waals surface area contributed by atoms with Gasteiger partial charge in [-0.05, 0) is 42.7 Å². The zero-order valence-corrected chi connectivity index (χ0v) is 14.7. The van der Waals surface area contributed by atoms with E-state index >= 15 is 0 Å². The lowest BCUT2D eigenvalue weighted by molar-refractivity contribution is -0.136. The minimum absolute atomic E-state index is 0.150. The molecule has 3 amide bonds. The van der Waals surface area contributed by atoms with Crippen molar-refractivity contribution in [1.29, 1.82) is 0 Å². The standard InChI is InChI=1S/C19H20N2O3S/c22-17(20-12-5-2-6-13-20)14-21-18(23)16(25-19(21)24)11-7-10-15-8-3-1-4-9-15/h1,3-4,7-11H,2,5-6,12-14H2/b10-7-,16-11+. The number of thioether (sulfide) groups is 1. The highest BCUT2D eigenvalue weighted by Crippen LogP contribution is 2.30. The second-order valence-corrected chi connectivity index (χ2v) is 6.99. The Labute approximate surface area is 151 Å². The number of allylic oxidation sites excluding steroid dienone is 2. The van der Waals surface area contributed by atoms with Crippen LogP contribution in [0, 0.1) is 0 Å². The summed E-state index contributed by atoms with van der Waals surface area (Å²) in [6.45, 7) is 1.26. The van der Waals surface area contributed by atoms with E-state index in [2.05, 4.69) is 0 Å². The Balaban J connectivity index is 1.62. The molecule has 130 valence electrons. The van der Waals surface area contributed by atoms with Gasteiger partial charge in [-0.25, -0.2) is 0 Å². The number of piperidine rings is 1. The van der Waals surface area contributed by atoms with Crippen LogP contribution in [0.25, 0.3) is 6.08 Å². The minimum atomic E-state index is -0.391. The molecule has 0 saturated carbocycles. The molecule has 3 rings (SSSR count). The van der Waals surface area contributed by atoms with Gasteiger partial charge in [0.1, 0.15) is 6.54 Å². The van der Waals surface area contributed by atoms with Gasteiger partial charge < -0.3 is 4.90 Å². The molecular weight excluding hydrogens is 336 g/mol. The third-order valence-electron chi connectivity index (χ3n) is 4.21. The first-order valence-electron chi connectivity index (χ1n) is 8.40. The van der Waals surface area contributed by atoms with Crippen LogP contribution in [0.5, 0.6) is 0 Å². The summed E-state index contributed by atoms with van der Waals surface area (Å²) in [7, 11) is 0. The van der Waals surface area contributed by atoms with Crippen molar-refractivity contribution in [3.63, 3.8) is 0 Å². The van der Waals surface area contributed by atoms with Crippen molar-refractivity contribution in [2.45, 2.75) is 19.3 Å². The van der Waals surface area contributed by atoms with Crippen molar-refractivity contribution in [1.82, 2.24) is 9.80 Å². The highest BCUT2D eigenvalue weighted by Gasteiger charge is 2.36. The number of hydrogen-bond donors (Lipinski definition) is 0. The van der Waals surface area contributed by atoms with Gasteiger partial charge in [-0.1, -0.05) is 42.5 Å². The molecule has 2 aliphatic heterocycles. The number of likely N-dealkylation sites (tertiary alicyclic amines) is 1. The van der Waals surface area contributed by atoms with Gasteiger partial charge in [0.2, 0.25) is 5.91 Å². The number of carbonyl (C=O) groups excluding carboxylic acids is 3. The van der Waals surface area contributed by atoms with E-state index in [-0.39, 0.29) is 17.7 Å². The van der Waals surface area contributed by atoms with E-state index in [1.807, 2.05) is 36.4 Å². The second-order valence-electron chi connectivity index (χ2n) is 6.00. The summed E-state index contributed by atoms with van der Waals surface area (Å²) in [6, 6.07) is 9.70. The molecule has 2 fully saturated rings. The normalized spacial score (nSPS) is 20.1. The Bertz CT molecular complexity index is 721. The Kier molecular flexibility index (Phi) is 5.71. The fourth-order valence-corrected chi connectivity index (χ4v) is 3.63. The summed E-state index contributed by atoms with van der Waals surface area (Å²) in [5.41, 5.74) is 1.01. The molecule has 1 aromatic carbocycles. The van der Waals surface area contributed by atoms with Gasteiger partial charge in [0.05, 0.1) is 4.91 Å². The van der Waals surface area contributed by atoms with Crippen molar-refractivity contribution in [3.8, 4) is 0 Å². The van der Waals surface area contributed by atoms with E-state index in [9.17, 15) is 14.4 Å². The smallest absolute Gasteiger partial charge is 0.294 e. The summed E-state index contributed by atoms with van der Waals surface area (Å²) >= 11 is 0.882. The number of nitrogens with zero attached hydrogens (tertiary/aromatic N) is 2. The SMILES string of the molecule is O=C(CN1C(=O)S/C(=C/C=C\c2ccccc2)C1=O)N1CCCCC1. The minimum Gasteiger partial charge on any atom is -0.341 e. The molecule has 0 unspecified atom stereocenters. The molecule has 25 heavy (non-hydrogen) atoms. The number of rotatable bonds is 4. The van der Waals surface area contributed by atoms with E-state index in [4.69, 9.17) is 0 Å². The largest absolute Gasteiger partial charge is 0.341 e. The van der Waals surface area contributed by atoms with Crippen molar-refractivity contribution < 1.29 is 14.4 Å². The topological polar surface area (TPSA) is 57.7 Å².